The lowest BCUT2D eigenvalue weighted by Gasteiger charge is -2.52. The highest BCUT2D eigenvalue weighted by Crippen LogP contribution is 2.35. The predicted octanol–water partition coefficient (Wildman–Crippen LogP) is 4.20. The number of alkyl halides is 3. The van der Waals surface area contributed by atoms with E-state index in [0.717, 1.165) is 44.0 Å². The largest absolute Gasteiger partial charge is 0.416 e. The number of rotatable bonds is 6. The topological polar surface area (TPSA) is 26.7 Å². The number of benzene rings is 1. The normalized spacial score (nSPS) is 22.4. The van der Waals surface area contributed by atoms with Crippen LogP contribution in [0, 0.1) is 0 Å². The van der Waals surface area contributed by atoms with E-state index in [1.54, 1.807) is 6.07 Å². The summed E-state index contributed by atoms with van der Waals surface area (Å²) in [5.41, 5.74) is 0.0388. The van der Waals surface area contributed by atoms with Crippen molar-refractivity contribution in [2.75, 3.05) is 33.3 Å². The molecule has 1 N–H and O–H groups in total. The molecular formula is C21H33F3N2O. The Hall–Kier alpha value is -1.11. The van der Waals surface area contributed by atoms with Gasteiger partial charge < -0.3 is 5.11 Å². The van der Waals surface area contributed by atoms with Crippen molar-refractivity contribution in [2.24, 2.45) is 0 Å². The number of piperidine rings is 1. The number of aryl methyl sites for hydroxylation is 1. The Morgan fingerprint density at radius 1 is 1.22 bits per heavy atom. The molecule has 1 saturated heterocycles. The number of hydrogen-bond acceptors (Lipinski definition) is 3. The van der Waals surface area contributed by atoms with E-state index >= 15 is 0 Å². The molecule has 1 aliphatic heterocycles. The lowest BCUT2D eigenvalue weighted by atomic mass is 9.80. The Morgan fingerprint density at radius 3 is 2.52 bits per heavy atom. The van der Waals surface area contributed by atoms with Gasteiger partial charge in [0, 0.05) is 24.2 Å². The molecule has 0 aliphatic carbocycles. The van der Waals surface area contributed by atoms with Gasteiger partial charge in [-0.15, -0.1) is 0 Å². The maximum Gasteiger partial charge on any atom is 0.416 e. The van der Waals surface area contributed by atoms with Crippen molar-refractivity contribution in [3.63, 3.8) is 0 Å². The van der Waals surface area contributed by atoms with E-state index < -0.39 is 11.7 Å². The van der Waals surface area contributed by atoms with Crippen molar-refractivity contribution in [1.82, 2.24) is 9.80 Å². The van der Waals surface area contributed by atoms with Crippen LogP contribution in [0.4, 0.5) is 13.2 Å². The fraction of sp³-hybridized carbons (Fsp3) is 0.714. The van der Waals surface area contributed by atoms with Crippen LogP contribution in [0.3, 0.4) is 0 Å². The van der Waals surface area contributed by atoms with E-state index in [0.29, 0.717) is 13.0 Å². The first-order chi connectivity index (χ1) is 12.5. The van der Waals surface area contributed by atoms with Crippen LogP contribution in [0.15, 0.2) is 24.3 Å². The molecule has 3 nitrogen and oxygen atoms in total. The summed E-state index contributed by atoms with van der Waals surface area (Å²) >= 11 is 0. The van der Waals surface area contributed by atoms with E-state index in [1.165, 1.54) is 12.1 Å². The van der Waals surface area contributed by atoms with Gasteiger partial charge in [0.2, 0.25) is 0 Å². The fourth-order valence-electron chi connectivity index (χ4n) is 4.06. The van der Waals surface area contributed by atoms with Gasteiger partial charge in [-0.2, -0.15) is 13.2 Å². The van der Waals surface area contributed by atoms with Crippen molar-refractivity contribution >= 4 is 0 Å². The standard InChI is InChI=1S/C21H33F3N2O/c1-19(2,3)26-12-6-10-20(16-26,25(4)13-14-27)11-9-17-7-5-8-18(15-17)21(22,23)24/h5,7-8,15,27H,6,9-14,16H2,1-4H3/t20-/m0/s1. The molecule has 0 spiro atoms. The predicted molar refractivity (Wildman–Crippen MR) is 103 cm³/mol. The molecular weight excluding hydrogens is 353 g/mol. The number of likely N-dealkylation sites (tertiary alicyclic amines) is 1. The van der Waals surface area contributed by atoms with Crippen LogP contribution in [-0.2, 0) is 12.6 Å². The Kier molecular flexibility index (Phi) is 6.98. The third kappa shape index (κ3) is 5.69. The van der Waals surface area contributed by atoms with Crippen LogP contribution in [0.25, 0.3) is 0 Å². The number of aliphatic hydroxyl groups excluding tert-OH is 1. The first-order valence-corrected chi connectivity index (χ1v) is 9.71. The quantitative estimate of drug-likeness (QED) is 0.794. The minimum absolute atomic E-state index is 0.0436. The minimum atomic E-state index is -4.31. The van der Waals surface area contributed by atoms with Gasteiger partial charge in [-0.25, -0.2) is 0 Å². The SMILES string of the molecule is CN(CCO)[C@]1(CCc2cccc(C(F)(F)F)c2)CCCN(C(C)(C)C)C1. The van der Waals surface area contributed by atoms with Crippen molar-refractivity contribution in [2.45, 2.75) is 63.7 Å². The monoisotopic (exact) mass is 386 g/mol. The summed E-state index contributed by atoms with van der Waals surface area (Å²) in [4.78, 5) is 4.66. The molecule has 1 heterocycles. The van der Waals surface area contributed by atoms with Crippen molar-refractivity contribution in [3.8, 4) is 0 Å². The van der Waals surface area contributed by atoms with Crippen LogP contribution in [0.2, 0.25) is 0 Å². The summed E-state index contributed by atoms with van der Waals surface area (Å²) in [6, 6.07) is 5.66. The molecule has 1 aromatic carbocycles. The third-order valence-electron chi connectivity index (χ3n) is 5.88. The van der Waals surface area contributed by atoms with Gasteiger partial charge >= 0.3 is 6.18 Å². The second-order valence-corrected chi connectivity index (χ2v) is 8.76. The van der Waals surface area contributed by atoms with E-state index in [2.05, 4.69) is 30.6 Å². The molecule has 6 heteroatoms. The zero-order chi connectivity index (χ0) is 20.3. The van der Waals surface area contributed by atoms with Crippen LogP contribution in [0.5, 0.6) is 0 Å². The smallest absolute Gasteiger partial charge is 0.395 e. The maximum absolute atomic E-state index is 13.0. The van der Waals surface area contributed by atoms with E-state index in [-0.39, 0.29) is 17.7 Å². The second kappa shape index (κ2) is 8.50. The zero-order valence-corrected chi connectivity index (χ0v) is 16.9. The van der Waals surface area contributed by atoms with Crippen molar-refractivity contribution < 1.29 is 18.3 Å². The van der Waals surface area contributed by atoms with Gasteiger partial charge in [0.15, 0.2) is 0 Å². The van der Waals surface area contributed by atoms with Gasteiger partial charge in [-0.05, 0) is 71.7 Å². The molecule has 1 atom stereocenters. The van der Waals surface area contributed by atoms with Gasteiger partial charge in [-0.1, -0.05) is 18.2 Å². The van der Waals surface area contributed by atoms with Crippen LogP contribution in [0.1, 0.15) is 51.2 Å². The Morgan fingerprint density at radius 2 is 1.93 bits per heavy atom. The molecule has 1 aliphatic rings. The van der Waals surface area contributed by atoms with Gasteiger partial charge in [0.1, 0.15) is 0 Å². The number of aliphatic hydroxyl groups is 1. The molecule has 0 aromatic heterocycles. The highest BCUT2D eigenvalue weighted by atomic mass is 19.4. The molecule has 154 valence electrons. The fourth-order valence-corrected chi connectivity index (χ4v) is 4.06. The molecule has 27 heavy (non-hydrogen) atoms. The Balaban J connectivity index is 2.21. The summed E-state index contributed by atoms with van der Waals surface area (Å²) < 4.78 is 39.0. The second-order valence-electron chi connectivity index (χ2n) is 8.76. The first kappa shape index (κ1) is 22.2. The highest BCUT2D eigenvalue weighted by Gasteiger charge is 2.41. The number of nitrogens with zero attached hydrogens (tertiary/aromatic N) is 2. The number of likely N-dealkylation sites (N-methyl/N-ethyl adjacent to an activating group) is 1. The summed E-state index contributed by atoms with van der Waals surface area (Å²) in [6.07, 6.45) is -0.894. The minimum Gasteiger partial charge on any atom is -0.395 e. The van der Waals surface area contributed by atoms with Crippen LogP contribution >= 0.6 is 0 Å². The average Bonchev–Trinajstić information content (AvgIpc) is 2.59. The number of hydrogen-bond donors (Lipinski definition) is 1. The van der Waals surface area contributed by atoms with Crippen LogP contribution in [-0.4, -0.2) is 59.3 Å². The Bertz CT molecular complexity index is 612. The average molecular weight is 387 g/mol. The summed E-state index contributed by atoms with van der Waals surface area (Å²) in [5.74, 6) is 0. The highest BCUT2D eigenvalue weighted by molar-refractivity contribution is 5.26. The van der Waals surface area contributed by atoms with E-state index in [1.807, 2.05) is 7.05 Å². The molecule has 0 saturated carbocycles. The molecule has 1 aromatic rings. The summed E-state index contributed by atoms with van der Waals surface area (Å²) in [6.45, 7) is 9.14. The van der Waals surface area contributed by atoms with Crippen molar-refractivity contribution in [1.29, 1.82) is 0 Å². The summed E-state index contributed by atoms with van der Waals surface area (Å²) in [7, 11) is 2.02. The van der Waals surface area contributed by atoms with E-state index in [9.17, 15) is 18.3 Å². The lowest BCUT2D eigenvalue weighted by Crippen LogP contribution is -2.61. The molecule has 0 radical (unpaired) electrons. The first-order valence-electron chi connectivity index (χ1n) is 9.71. The van der Waals surface area contributed by atoms with Crippen LogP contribution < -0.4 is 0 Å². The van der Waals surface area contributed by atoms with E-state index in [4.69, 9.17) is 0 Å². The third-order valence-corrected chi connectivity index (χ3v) is 5.88. The molecule has 0 amide bonds. The van der Waals surface area contributed by atoms with Gasteiger partial charge in [0.25, 0.3) is 0 Å². The zero-order valence-electron chi connectivity index (χ0n) is 16.9. The van der Waals surface area contributed by atoms with Crippen molar-refractivity contribution in [3.05, 3.63) is 35.4 Å². The lowest BCUT2D eigenvalue weighted by molar-refractivity contribution is -0.137. The molecule has 2 rings (SSSR count). The molecule has 1 fully saturated rings. The number of halogens is 3. The van der Waals surface area contributed by atoms with Gasteiger partial charge in [0.05, 0.1) is 12.2 Å². The van der Waals surface area contributed by atoms with Gasteiger partial charge in [-0.3, -0.25) is 9.80 Å². The molecule has 0 unspecified atom stereocenters. The molecule has 0 bridgehead atoms. The number of β-amino-alcohol motifs (C(OH)–C–C–N with tert-alkyl or cyclic N) is 1. The summed E-state index contributed by atoms with van der Waals surface area (Å²) in [5, 5.41) is 9.44. The maximum atomic E-state index is 13.0. The Labute approximate surface area is 161 Å².